The maximum absolute atomic E-state index is 12.2. The smallest absolute Gasteiger partial charge is 0.251 e. The van der Waals surface area contributed by atoms with Crippen molar-refractivity contribution in [3.05, 3.63) is 28.8 Å². The standard InChI is InChI=1S/C11H14ClF2NO/c1-7(15(2)6-11(13)14)9-5-8(12)3-4-10(9)16/h3-5,7,11,16H,6H2,1-2H3. The van der Waals surface area contributed by atoms with Crippen LogP contribution in [0.2, 0.25) is 5.02 Å². The second-order valence-corrected chi connectivity index (χ2v) is 4.15. The fraction of sp³-hybridized carbons (Fsp3) is 0.455. The molecule has 0 amide bonds. The molecule has 0 bridgehead atoms. The van der Waals surface area contributed by atoms with Crippen molar-refractivity contribution in [3.8, 4) is 5.75 Å². The molecule has 0 saturated carbocycles. The predicted molar refractivity (Wildman–Crippen MR) is 60.2 cm³/mol. The van der Waals surface area contributed by atoms with E-state index >= 15 is 0 Å². The van der Waals surface area contributed by atoms with E-state index in [4.69, 9.17) is 11.6 Å². The summed E-state index contributed by atoms with van der Waals surface area (Å²) in [6.07, 6.45) is -2.39. The third kappa shape index (κ3) is 3.32. The molecule has 0 aliphatic carbocycles. The van der Waals surface area contributed by atoms with E-state index in [1.807, 2.05) is 0 Å². The largest absolute Gasteiger partial charge is 0.508 e. The lowest BCUT2D eigenvalue weighted by atomic mass is 10.1. The van der Waals surface area contributed by atoms with Crippen LogP contribution in [-0.4, -0.2) is 30.0 Å². The molecule has 1 rings (SSSR count). The van der Waals surface area contributed by atoms with E-state index in [0.717, 1.165) is 0 Å². The van der Waals surface area contributed by atoms with Crippen molar-refractivity contribution in [2.75, 3.05) is 13.6 Å². The van der Waals surface area contributed by atoms with Crippen LogP contribution in [0, 0.1) is 0 Å². The SMILES string of the molecule is CC(c1cc(Cl)ccc1O)N(C)CC(F)F. The van der Waals surface area contributed by atoms with Crippen LogP contribution in [0.25, 0.3) is 0 Å². The number of nitrogens with zero attached hydrogens (tertiary/aromatic N) is 1. The molecule has 0 heterocycles. The average Bonchev–Trinajstić information content (AvgIpc) is 2.19. The van der Waals surface area contributed by atoms with Gasteiger partial charge in [-0.15, -0.1) is 0 Å². The number of hydrogen-bond donors (Lipinski definition) is 1. The van der Waals surface area contributed by atoms with E-state index in [2.05, 4.69) is 0 Å². The fourth-order valence-electron chi connectivity index (χ4n) is 1.47. The number of phenolic OH excluding ortho intramolecular Hbond substituents is 1. The molecule has 1 unspecified atom stereocenters. The molecule has 5 heteroatoms. The molecule has 90 valence electrons. The summed E-state index contributed by atoms with van der Waals surface area (Å²) >= 11 is 5.79. The minimum atomic E-state index is -2.39. The Kier molecular flexibility index (Phi) is 4.50. The fourth-order valence-corrected chi connectivity index (χ4v) is 1.65. The number of hydrogen-bond acceptors (Lipinski definition) is 2. The summed E-state index contributed by atoms with van der Waals surface area (Å²) in [6.45, 7) is 1.40. The minimum absolute atomic E-state index is 0.0676. The molecule has 0 radical (unpaired) electrons. The van der Waals surface area contributed by atoms with Gasteiger partial charge in [0, 0.05) is 16.6 Å². The van der Waals surface area contributed by atoms with Crippen molar-refractivity contribution in [1.82, 2.24) is 4.90 Å². The van der Waals surface area contributed by atoms with Crippen LogP contribution in [0.1, 0.15) is 18.5 Å². The molecule has 2 nitrogen and oxygen atoms in total. The van der Waals surface area contributed by atoms with Crippen LogP contribution in [0.4, 0.5) is 8.78 Å². The molecule has 1 aromatic rings. The topological polar surface area (TPSA) is 23.5 Å². The van der Waals surface area contributed by atoms with E-state index < -0.39 is 6.43 Å². The first-order valence-electron chi connectivity index (χ1n) is 4.88. The second-order valence-electron chi connectivity index (χ2n) is 3.71. The van der Waals surface area contributed by atoms with Gasteiger partial charge in [-0.05, 0) is 32.2 Å². The van der Waals surface area contributed by atoms with Crippen LogP contribution in [0.5, 0.6) is 5.75 Å². The van der Waals surface area contributed by atoms with Crippen LogP contribution >= 0.6 is 11.6 Å². The minimum Gasteiger partial charge on any atom is -0.508 e. The number of aromatic hydroxyl groups is 1. The lowest BCUT2D eigenvalue weighted by Gasteiger charge is -2.25. The Morgan fingerprint density at radius 2 is 2.06 bits per heavy atom. The van der Waals surface area contributed by atoms with Gasteiger partial charge in [0.15, 0.2) is 0 Å². The van der Waals surface area contributed by atoms with Gasteiger partial charge in [0.1, 0.15) is 5.75 Å². The van der Waals surface area contributed by atoms with Gasteiger partial charge in [-0.3, -0.25) is 4.90 Å². The zero-order valence-electron chi connectivity index (χ0n) is 9.12. The Hall–Kier alpha value is -0.870. The highest BCUT2D eigenvalue weighted by Gasteiger charge is 2.18. The molecule has 1 atom stereocenters. The maximum Gasteiger partial charge on any atom is 0.251 e. The number of halogens is 3. The van der Waals surface area contributed by atoms with Crippen LogP contribution in [0.15, 0.2) is 18.2 Å². The lowest BCUT2D eigenvalue weighted by molar-refractivity contribution is 0.0837. The molecule has 0 aromatic heterocycles. The van der Waals surface area contributed by atoms with Crippen LogP contribution in [-0.2, 0) is 0 Å². The van der Waals surface area contributed by atoms with E-state index in [1.165, 1.54) is 11.0 Å². The Bertz CT molecular complexity index is 360. The van der Waals surface area contributed by atoms with Crippen molar-refractivity contribution in [3.63, 3.8) is 0 Å². The van der Waals surface area contributed by atoms with Gasteiger partial charge >= 0.3 is 0 Å². The van der Waals surface area contributed by atoms with Crippen molar-refractivity contribution < 1.29 is 13.9 Å². The Balaban J connectivity index is 2.86. The molecule has 0 aliphatic rings. The first kappa shape index (κ1) is 13.2. The molecule has 0 fully saturated rings. The van der Waals surface area contributed by atoms with E-state index in [1.54, 1.807) is 26.1 Å². The zero-order chi connectivity index (χ0) is 12.3. The molecule has 0 spiro atoms. The van der Waals surface area contributed by atoms with E-state index in [-0.39, 0.29) is 18.3 Å². The van der Waals surface area contributed by atoms with Gasteiger partial charge < -0.3 is 5.11 Å². The van der Waals surface area contributed by atoms with Gasteiger partial charge in [-0.2, -0.15) is 0 Å². The summed E-state index contributed by atoms with van der Waals surface area (Å²) in [7, 11) is 1.58. The predicted octanol–water partition coefficient (Wildman–Crippen LogP) is 3.30. The number of alkyl halides is 2. The van der Waals surface area contributed by atoms with E-state index in [9.17, 15) is 13.9 Å². The van der Waals surface area contributed by atoms with Crippen molar-refractivity contribution in [2.45, 2.75) is 19.4 Å². The molecule has 0 aliphatic heterocycles. The first-order chi connectivity index (χ1) is 7.41. The highest BCUT2D eigenvalue weighted by molar-refractivity contribution is 6.30. The lowest BCUT2D eigenvalue weighted by Crippen LogP contribution is -2.27. The normalized spacial score (nSPS) is 13.4. The number of rotatable bonds is 4. The van der Waals surface area contributed by atoms with Crippen molar-refractivity contribution in [1.29, 1.82) is 0 Å². The molecule has 0 saturated heterocycles. The van der Waals surface area contributed by atoms with Gasteiger partial charge in [0.05, 0.1) is 6.54 Å². The monoisotopic (exact) mass is 249 g/mol. The van der Waals surface area contributed by atoms with Gasteiger partial charge in [-0.25, -0.2) is 8.78 Å². The first-order valence-corrected chi connectivity index (χ1v) is 5.26. The van der Waals surface area contributed by atoms with Crippen LogP contribution in [0.3, 0.4) is 0 Å². The molecular formula is C11H14ClF2NO. The van der Waals surface area contributed by atoms with Gasteiger partial charge in [0.25, 0.3) is 6.43 Å². The summed E-state index contributed by atoms with van der Waals surface area (Å²) < 4.78 is 24.4. The molecule has 16 heavy (non-hydrogen) atoms. The highest BCUT2D eigenvalue weighted by atomic mass is 35.5. The number of benzene rings is 1. The number of phenols is 1. The quantitative estimate of drug-likeness (QED) is 0.885. The van der Waals surface area contributed by atoms with E-state index in [0.29, 0.717) is 10.6 Å². The Labute approximate surface area is 98.4 Å². The average molecular weight is 250 g/mol. The third-order valence-corrected chi connectivity index (χ3v) is 2.76. The van der Waals surface area contributed by atoms with Gasteiger partial charge in [-0.1, -0.05) is 11.6 Å². The second kappa shape index (κ2) is 5.46. The molecular weight excluding hydrogens is 236 g/mol. The molecule has 1 aromatic carbocycles. The Morgan fingerprint density at radius 1 is 1.44 bits per heavy atom. The summed E-state index contributed by atoms with van der Waals surface area (Å²) in [4.78, 5) is 1.47. The maximum atomic E-state index is 12.2. The highest BCUT2D eigenvalue weighted by Crippen LogP contribution is 2.30. The van der Waals surface area contributed by atoms with Crippen molar-refractivity contribution in [2.24, 2.45) is 0 Å². The van der Waals surface area contributed by atoms with Gasteiger partial charge in [0.2, 0.25) is 0 Å². The third-order valence-electron chi connectivity index (χ3n) is 2.53. The Morgan fingerprint density at radius 3 is 2.62 bits per heavy atom. The van der Waals surface area contributed by atoms with Crippen molar-refractivity contribution >= 4 is 11.6 Å². The summed E-state index contributed by atoms with van der Waals surface area (Å²) in [5.41, 5.74) is 0.552. The molecule has 1 N–H and O–H groups in total. The summed E-state index contributed by atoms with van der Waals surface area (Å²) in [5.74, 6) is 0.0676. The van der Waals surface area contributed by atoms with Crippen LogP contribution < -0.4 is 0 Å². The summed E-state index contributed by atoms with van der Waals surface area (Å²) in [5, 5.41) is 10.1. The zero-order valence-corrected chi connectivity index (χ0v) is 9.88. The summed E-state index contributed by atoms with van der Waals surface area (Å²) in [6, 6.07) is 4.29.